The second-order valence-electron chi connectivity index (χ2n) is 5.62. The van der Waals surface area contributed by atoms with Crippen molar-refractivity contribution in [1.82, 2.24) is 9.80 Å². The first kappa shape index (κ1) is 16.5. The summed E-state index contributed by atoms with van der Waals surface area (Å²) in [6, 6.07) is 10.2. The van der Waals surface area contributed by atoms with Crippen molar-refractivity contribution in [3.63, 3.8) is 0 Å². The van der Waals surface area contributed by atoms with Crippen LogP contribution in [0.25, 0.3) is 0 Å². The van der Waals surface area contributed by atoms with Gasteiger partial charge >= 0.3 is 5.97 Å². The third kappa shape index (κ3) is 4.31. The number of hydrogen-bond acceptors (Lipinski definition) is 4. The molecule has 5 nitrogen and oxygen atoms in total. The van der Waals surface area contributed by atoms with Gasteiger partial charge in [0.25, 0.3) is 0 Å². The molecule has 0 saturated carbocycles. The van der Waals surface area contributed by atoms with E-state index in [1.807, 2.05) is 23.1 Å². The summed E-state index contributed by atoms with van der Waals surface area (Å²) in [4.78, 5) is 27.5. The van der Waals surface area contributed by atoms with Crippen LogP contribution in [0.1, 0.15) is 31.7 Å². The SMILES string of the molecule is COC(=O)CCC1N(Cc2ccccc2)CCCN1C(C)=O. The van der Waals surface area contributed by atoms with Gasteiger partial charge in [-0.05, 0) is 18.4 Å². The highest BCUT2D eigenvalue weighted by Gasteiger charge is 2.31. The molecule has 1 fully saturated rings. The van der Waals surface area contributed by atoms with Crippen LogP contribution in [0.5, 0.6) is 0 Å². The third-order valence-electron chi connectivity index (χ3n) is 4.09. The van der Waals surface area contributed by atoms with E-state index in [2.05, 4.69) is 17.0 Å². The Kier molecular flexibility index (Phi) is 5.95. The van der Waals surface area contributed by atoms with Crippen molar-refractivity contribution in [2.45, 2.75) is 38.9 Å². The lowest BCUT2D eigenvalue weighted by Gasteiger charge is -2.43. The van der Waals surface area contributed by atoms with Gasteiger partial charge in [-0.25, -0.2) is 0 Å². The van der Waals surface area contributed by atoms with E-state index >= 15 is 0 Å². The summed E-state index contributed by atoms with van der Waals surface area (Å²) in [7, 11) is 1.40. The quantitative estimate of drug-likeness (QED) is 0.781. The molecule has 0 spiro atoms. The van der Waals surface area contributed by atoms with Crippen LogP contribution < -0.4 is 0 Å². The van der Waals surface area contributed by atoms with Gasteiger partial charge < -0.3 is 9.64 Å². The van der Waals surface area contributed by atoms with Crippen LogP contribution in [0.2, 0.25) is 0 Å². The molecule has 1 aromatic carbocycles. The molecule has 1 amide bonds. The minimum Gasteiger partial charge on any atom is -0.469 e. The molecule has 0 bridgehead atoms. The molecule has 22 heavy (non-hydrogen) atoms. The number of nitrogens with zero attached hydrogens (tertiary/aromatic N) is 2. The van der Waals surface area contributed by atoms with Gasteiger partial charge in [0.05, 0.1) is 13.3 Å². The van der Waals surface area contributed by atoms with Crippen LogP contribution in [-0.2, 0) is 20.9 Å². The number of benzene rings is 1. The fraction of sp³-hybridized carbons (Fsp3) is 0.529. The van der Waals surface area contributed by atoms with Crippen LogP contribution >= 0.6 is 0 Å². The van der Waals surface area contributed by atoms with Crippen molar-refractivity contribution >= 4 is 11.9 Å². The Labute approximate surface area is 131 Å². The number of esters is 1. The lowest BCUT2D eigenvalue weighted by atomic mass is 10.1. The maximum absolute atomic E-state index is 11.9. The summed E-state index contributed by atoms with van der Waals surface area (Å²) >= 11 is 0. The number of rotatable bonds is 5. The first-order valence-electron chi connectivity index (χ1n) is 7.74. The van der Waals surface area contributed by atoms with E-state index in [-0.39, 0.29) is 18.0 Å². The second kappa shape index (κ2) is 7.94. The predicted octanol–water partition coefficient (Wildman–Crippen LogP) is 2.02. The van der Waals surface area contributed by atoms with Gasteiger partial charge in [-0.1, -0.05) is 30.3 Å². The van der Waals surface area contributed by atoms with Crippen molar-refractivity contribution in [2.24, 2.45) is 0 Å². The molecule has 120 valence electrons. The third-order valence-corrected chi connectivity index (χ3v) is 4.09. The molecule has 2 rings (SSSR count). The second-order valence-corrected chi connectivity index (χ2v) is 5.62. The van der Waals surface area contributed by atoms with E-state index in [1.165, 1.54) is 12.7 Å². The molecule has 5 heteroatoms. The van der Waals surface area contributed by atoms with Crippen molar-refractivity contribution in [1.29, 1.82) is 0 Å². The van der Waals surface area contributed by atoms with Gasteiger partial charge in [0.1, 0.15) is 0 Å². The molecule has 0 N–H and O–H groups in total. The predicted molar refractivity (Wildman–Crippen MR) is 83.9 cm³/mol. The Balaban J connectivity index is 2.09. The van der Waals surface area contributed by atoms with Gasteiger partial charge in [-0.2, -0.15) is 0 Å². The topological polar surface area (TPSA) is 49.9 Å². The zero-order chi connectivity index (χ0) is 15.9. The summed E-state index contributed by atoms with van der Waals surface area (Å²) in [6.07, 6.45) is 1.86. The number of ether oxygens (including phenoxy) is 1. The minimum atomic E-state index is -0.228. The maximum Gasteiger partial charge on any atom is 0.305 e. The zero-order valence-electron chi connectivity index (χ0n) is 13.3. The van der Waals surface area contributed by atoms with Crippen molar-refractivity contribution in [3.05, 3.63) is 35.9 Å². The summed E-state index contributed by atoms with van der Waals surface area (Å²) < 4.78 is 4.73. The molecule has 0 radical (unpaired) electrons. The summed E-state index contributed by atoms with van der Waals surface area (Å²) in [5.41, 5.74) is 1.22. The van der Waals surface area contributed by atoms with E-state index < -0.39 is 0 Å². The molecule has 1 aromatic rings. The van der Waals surface area contributed by atoms with Gasteiger partial charge in [-0.3, -0.25) is 14.5 Å². The Morgan fingerprint density at radius 3 is 2.59 bits per heavy atom. The molecular formula is C17H24N2O3. The number of methoxy groups -OCH3 is 1. The molecule has 1 aliphatic rings. The van der Waals surface area contributed by atoms with Gasteiger partial charge in [0.15, 0.2) is 0 Å². The fourth-order valence-electron chi connectivity index (χ4n) is 3.00. The number of carbonyl (C=O) groups is 2. The molecule has 0 aliphatic carbocycles. The van der Waals surface area contributed by atoms with Crippen LogP contribution in [0.3, 0.4) is 0 Å². The monoisotopic (exact) mass is 304 g/mol. The largest absolute Gasteiger partial charge is 0.469 e. The molecule has 1 aliphatic heterocycles. The normalized spacial score (nSPS) is 19.0. The fourth-order valence-corrected chi connectivity index (χ4v) is 3.00. The van der Waals surface area contributed by atoms with Gasteiger partial charge in [0.2, 0.25) is 5.91 Å². The van der Waals surface area contributed by atoms with Crippen molar-refractivity contribution < 1.29 is 14.3 Å². The average Bonchev–Trinajstić information content (AvgIpc) is 2.54. The van der Waals surface area contributed by atoms with E-state index in [0.29, 0.717) is 12.8 Å². The van der Waals surface area contributed by atoms with Gasteiger partial charge in [-0.15, -0.1) is 0 Å². The molecule has 1 unspecified atom stereocenters. The van der Waals surface area contributed by atoms with Crippen LogP contribution in [0, 0.1) is 0 Å². The van der Waals surface area contributed by atoms with Crippen molar-refractivity contribution in [3.8, 4) is 0 Å². The van der Waals surface area contributed by atoms with Crippen LogP contribution in [0.15, 0.2) is 30.3 Å². The van der Waals surface area contributed by atoms with Gasteiger partial charge in [0, 0.05) is 33.0 Å². The van der Waals surface area contributed by atoms with E-state index in [4.69, 9.17) is 4.74 Å². The average molecular weight is 304 g/mol. The zero-order valence-corrected chi connectivity index (χ0v) is 13.3. The Morgan fingerprint density at radius 2 is 1.95 bits per heavy atom. The van der Waals surface area contributed by atoms with E-state index in [1.54, 1.807) is 6.92 Å². The van der Waals surface area contributed by atoms with Crippen molar-refractivity contribution in [2.75, 3.05) is 20.2 Å². The summed E-state index contributed by atoms with van der Waals surface area (Å²) in [5, 5.41) is 0. The Hall–Kier alpha value is -1.88. The van der Waals surface area contributed by atoms with E-state index in [0.717, 1.165) is 26.1 Å². The first-order chi connectivity index (χ1) is 10.6. The number of carbonyl (C=O) groups excluding carboxylic acids is 2. The molecule has 1 heterocycles. The van der Waals surface area contributed by atoms with Crippen LogP contribution in [-0.4, -0.2) is 48.0 Å². The smallest absolute Gasteiger partial charge is 0.305 e. The summed E-state index contributed by atoms with van der Waals surface area (Å²) in [6.45, 7) is 4.07. The number of amides is 1. The highest BCUT2D eigenvalue weighted by Crippen LogP contribution is 2.21. The minimum absolute atomic E-state index is 0.0365. The highest BCUT2D eigenvalue weighted by atomic mass is 16.5. The lowest BCUT2D eigenvalue weighted by molar-refractivity contribution is -0.145. The first-order valence-corrected chi connectivity index (χ1v) is 7.74. The maximum atomic E-state index is 11.9. The number of hydrogen-bond donors (Lipinski definition) is 0. The Morgan fingerprint density at radius 1 is 1.23 bits per heavy atom. The molecular weight excluding hydrogens is 280 g/mol. The Bertz CT molecular complexity index is 504. The lowest BCUT2D eigenvalue weighted by Crippen LogP contribution is -2.55. The van der Waals surface area contributed by atoms with Crippen LogP contribution in [0.4, 0.5) is 0 Å². The molecule has 1 atom stereocenters. The molecule has 1 saturated heterocycles. The van der Waals surface area contributed by atoms with E-state index in [9.17, 15) is 9.59 Å². The summed E-state index contributed by atoms with van der Waals surface area (Å²) in [5.74, 6) is -0.165. The molecule has 0 aromatic heterocycles. The standard InChI is InChI=1S/C17H24N2O3/c1-14(20)19-12-6-11-18(13-15-7-4-3-5-8-15)16(19)9-10-17(21)22-2/h3-5,7-8,16H,6,9-13H2,1-2H3. The highest BCUT2D eigenvalue weighted by molar-refractivity contribution is 5.74.